The van der Waals surface area contributed by atoms with Crippen LogP contribution in [-0.4, -0.2) is 38.2 Å². The zero-order valence-corrected chi connectivity index (χ0v) is 12.7. The summed E-state index contributed by atoms with van der Waals surface area (Å²) in [6.45, 7) is 4.45. The van der Waals surface area contributed by atoms with E-state index in [9.17, 15) is 0 Å². The van der Waals surface area contributed by atoms with Gasteiger partial charge in [0.15, 0.2) is 5.96 Å². The SMILES string of the molecule is CCNC(=NCc1ccccc1OC)NCCSC. The minimum atomic E-state index is 0.610. The van der Waals surface area contributed by atoms with Crippen molar-refractivity contribution in [1.82, 2.24) is 10.6 Å². The molecule has 19 heavy (non-hydrogen) atoms. The lowest BCUT2D eigenvalue weighted by molar-refractivity contribution is 0.410. The molecule has 0 aromatic heterocycles. The number of hydrogen-bond acceptors (Lipinski definition) is 3. The van der Waals surface area contributed by atoms with Crippen LogP contribution in [0.1, 0.15) is 12.5 Å². The highest BCUT2D eigenvalue weighted by molar-refractivity contribution is 7.98. The molecule has 0 bridgehead atoms. The topological polar surface area (TPSA) is 45.7 Å². The fourth-order valence-corrected chi connectivity index (χ4v) is 1.92. The van der Waals surface area contributed by atoms with E-state index in [1.54, 1.807) is 7.11 Å². The second kappa shape index (κ2) is 9.55. The van der Waals surface area contributed by atoms with E-state index in [4.69, 9.17) is 4.74 Å². The summed E-state index contributed by atoms with van der Waals surface area (Å²) in [5.41, 5.74) is 1.09. The molecule has 0 unspecified atom stereocenters. The Balaban J connectivity index is 2.62. The van der Waals surface area contributed by atoms with E-state index in [-0.39, 0.29) is 0 Å². The molecule has 0 aliphatic heterocycles. The minimum absolute atomic E-state index is 0.610. The van der Waals surface area contributed by atoms with E-state index in [0.717, 1.165) is 36.1 Å². The van der Waals surface area contributed by atoms with Crippen molar-refractivity contribution >= 4 is 17.7 Å². The molecule has 0 saturated heterocycles. The summed E-state index contributed by atoms with van der Waals surface area (Å²) < 4.78 is 5.32. The maximum atomic E-state index is 5.32. The largest absolute Gasteiger partial charge is 0.496 e. The van der Waals surface area contributed by atoms with Gasteiger partial charge in [-0.25, -0.2) is 4.99 Å². The van der Waals surface area contributed by atoms with Crippen LogP contribution in [0.5, 0.6) is 5.75 Å². The van der Waals surface area contributed by atoms with Gasteiger partial charge in [0.05, 0.1) is 13.7 Å². The van der Waals surface area contributed by atoms with Crippen molar-refractivity contribution in [2.24, 2.45) is 4.99 Å². The fraction of sp³-hybridized carbons (Fsp3) is 0.500. The minimum Gasteiger partial charge on any atom is -0.496 e. The molecule has 1 aromatic carbocycles. The highest BCUT2D eigenvalue weighted by Gasteiger charge is 2.01. The average Bonchev–Trinajstić information content (AvgIpc) is 2.45. The summed E-state index contributed by atoms with van der Waals surface area (Å²) in [7, 11) is 1.68. The Labute approximate surface area is 120 Å². The number of para-hydroxylation sites is 1. The van der Waals surface area contributed by atoms with Gasteiger partial charge in [0.2, 0.25) is 0 Å². The second-order valence-electron chi connectivity index (χ2n) is 3.93. The first-order chi connectivity index (χ1) is 9.31. The predicted octanol–water partition coefficient (Wildman–Crippen LogP) is 2.11. The van der Waals surface area contributed by atoms with E-state index in [0.29, 0.717) is 6.54 Å². The van der Waals surface area contributed by atoms with Crippen molar-refractivity contribution in [2.75, 3.05) is 32.2 Å². The molecule has 1 rings (SSSR count). The Morgan fingerprint density at radius 3 is 2.79 bits per heavy atom. The van der Waals surface area contributed by atoms with Gasteiger partial charge in [-0.15, -0.1) is 0 Å². The zero-order chi connectivity index (χ0) is 13.9. The lowest BCUT2D eigenvalue weighted by atomic mass is 10.2. The van der Waals surface area contributed by atoms with Crippen molar-refractivity contribution in [2.45, 2.75) is 13.5 Å². The average molecular weight is 281 g/mol. The molecule has 106 valence electrons. The third-order valence-electron chi connectivity index (χ3n) is 2.54. The van der Waals surface area contributed by atoms with Gasteiger partial charge in [-0.2, -0.15) is 11.8 Å². The highest BCUT2D eigenvalue weighted by atomic mass is 32.2. The van der Waals surface area contributed by atoms with Gasteiger partial charge in [-0.1, -0.05) is 18.2 Å². The van der Waals surface area contributed by atoms with E-state index >= 15 is 0 Å². The van der Waals surface area contributed by atoms with Crippen molar-refractivity contribution in [1.29, 1.82) is 0 Å². The first kappa shape index (κ1) is 15.7. The normalized spacial score (nSPS) is 11.2. The van der Waals surface area contributed by atoms with E-state index in [2.05, 4.69) is 28.8 Å². The number of rotatable bonds is 7. The summed E-state index contributed by atoms with van der Waals surface area (Å²) in [5, 5.41) is 6.54. The summed E-state index contributed by atoms with van der Waals surface area (Å²) in [6.07, 6.45) is 2.10. The lowest BCUT2D eigenvalue weighted by Crippen LogP contribution is -2.38. The lowest BCUT2D eigenvalue weighted by Gasteiger charge is -2.11. The Morgan fingerprint density at radius 2 is 2.11 bits per heavy atom. The van der Waals surface area contributed by atoms with Gasteiger partial charge in [0.1, 0.15) is 5.75 Å². The summed E-state index contributed by atoms with van der Waals surface area (Å²) >= 11 is 1.82. The molecule has 0 radical (unpaired) electrons. The first-order valence-electron chi connectivity index (χ1n) is 6.44. The number of benzene rings is 1. The van der Waals surface area contributed by atoms with Crippen molar-refractivity contribution in [3.8, 4) is 5.75 Å². The number of nitrogens with one attached hydrogen (secondary N) is 2. The van der Waals surface area contributed by atoms with Gasteiger partial charge in [-0.3, -0.25) is 0 Å². The Morgan fingerprint density at radius 1 is 1.32 bits per heavy atom. The molecule has 4 nitrogen and oxygen atoms in total. The Hall–Kier alpha value is -1.36. The van der Waals surface area contributed by atoms with Crippen LogP contribution in [-0.2, 0) is 6.54 Å². The van der Waals surface area contributed by atoms with Crippen LogP contribution in [0.4, 0.5) is 0 Å². The summed E-state index contributed by atoms with van der Waals surface area (Å²) in [5.74, 6) is 2.80. The predicted molar refractivity (Wildman–Crippen MR) is 84.2 cm³/mol. The van der Waals surface area contributed by atoms with Gasteiger partial charge in [0, 0.05) is 24.4 Å². The molecule has 0 amide bonds. The van der Waals surface area contributed by atoms with Crippen molar-refractivity contribution in [3.05, 3.63) is 29.8 Å². The van der Waals surface area contributed by atoms with Crippen molar-refractivity contribution < 1.29 is 4.74 Å². The first-order valence-corrected chi connectivity index (χ1v) is 7.84. The number of hydrogen-bond donors (Lipinski definition) is 2. The van der Waals surface area contributed by atoms with Crippen LogP contribution < -0.4 is 15.4 Å². The monoisotopic (exact) mass is 281 g/mol. The molecular weight excluding hydrogens is 258 g/mol. The third-order valence-corrected chi connectivity index (χ3v) is 3.16. The molecule has 0 heterocycles. The van der Waals surface area contributed by atoms with Gasteiger partial charge in [0.25, 0.3) is 0 Å². The van der Waals surface area contributed by atoms with E-state index in [1.165, 1.54) is 0 Å². The highest BCUT2D eigenvalue weighted by Crippen LogP contribution is 2.17. The molecule has 2 N–H and O–H groups in total. The molecule has 5 heteroatoms. The van der Waals surface area contributed by atoms with Crippen LogP contribution >= 0.6 is 11.8 Å². The van der Waals surface area contributed by atoms with Crippen LogP contribution in [0.3, 0.4) is 0 Å². The molecule has 0 aliphatic carbocycles. The third kappa shape index (κ3) is 5.87. The molecule has 0 atom stereocenters. The zero-order valence-electron chi connectivity index (χ0n) is 11.9. The number of aliphatic imine (C=N–C) groups is 1. The maximum absolute atomic E-state index is 5.32. The van der Waals surface area contributed by atoms with Crippen LogP contribution in [0.15, 0.2) is 29.3 Å². The number of thioether (sulfide) groups is 1. The Bertz CT molecular complexity index is 396. The Kier molecular flexibility index (Phi) is 7.89. The van der Waals surface area contributed by atoms with E-state index in [1.807, 2.05) is 36.0 Å². The second-order valence-corrected chi connectivity index (χ2v) is 4.91. The fourth-order valence-electron chi connectivity index (χ4n) is 1.61. The number of nitrogens with zero attached hydrogens (tertiary/aromatic N) is 1. The number of ether oxygens (including phenoxy) is 1. The van der Waals surface area contributed by atoms with Crippen LogP contribution in [0, 0.1) is 0 Å². The van der Waals surface area contributed by atoms with E-state index < -0.39 is 0 Å². The van der Waals surface area contributed by atoms with Crippen molar-refractivity contribution in [3.63, 3.8) is 0 Å². The van der Waals surface area contributed by atoms with Crippen LogP contribution in [0.2, 0.25) is 0 Å². The molecular formula is C14H23N3OS. The molecule has 0 fully saturated rings. The van der Waals surface area contributed by atoms with Crippen LogP contribution in [0.25, 0.3) is 0 Å². The standard InChI is InChI=1S/C14H23N3OS/c1-4-15-14(16-9-10-19-3)17-11-12-7-5-6-8-13(12)18-2/h5-8H,4,9-11H2,1-3H3,(H2,15,16,17). The van der Waals surface area contributed by atoms with Gasteiger partial charge in [-0.05, 0) is 19.2 Å². The number of methoxy groups -OCH3 is 1. The summed E-state index contributed by atoms with van der Waals surface area (Å²) in [6, 6.07) is 7.96. The van der Waals surface area contributed by atoms with Gasteiger partial charge >= 0.3 is 0 Å². The summed E-state index contributed by atoms with van der Waals surface area (Å²) in [4.78, 5) is 4.57. The number of guanidine groups is 1. The quantitative estimate of drug-likeness (QED) is 0.456. The van der Waals surface area contributed by atoms with Gasteiger partial charge < -0.3 is 15.4 Å². The molecule has 0 spiro atoms. The molecule has 0 saturated carbocycles. The maximum Gasteiger partial charge on any atom is 0.191 e. The smallest absolute Gasteiger partial charge is 0.191 e. The molecule has 0 aliphatic rings. The molecule has 1 aromatic rings.